The van der Waals surface area contributed by atoms with Crippen LogP contribution in [0, 0.1) is 0 Å². The van der Waals surface area contributed by atoms with E-state index in [2.05, 4.69) is 13.5 Å². The number of cyclic esters (lactones) is 1. The minimum Gasteiger partial charge on any atom is -0.440 e. The molecule has 0 aromatic carbocycles. The summed E-state index contributed by atoms with van der Waals surface area (Å²) in [6, 6.07) is 0. The summed E-state index contributed by atoms with van der Waals surface area (Å²) >= 11 is 0. The topological polar surface area (TPSA) is 29.5 Å². The molecule has 3 heteroatoms. The maximum atomic E-state index is 11.3. The third kappa shape index (κ3) is 3.05. The van der Waals surface area contributed by atoms with Gasteiger partial charge in [-0.1, -0.05) is 32.8 Å². The summed E-state index contributed by atoms with van der Waals surface area (Å²) < 4.78 is 5.05. The zero-order chi connectivity index (χ0) is 10.4. The second-order valence-corrected chi connectivity index (χ2v) is 3.66. The molecule has 0 saturated carbocycles. The van der Waals surface area contributed by atoms with E-state index in [0.717, 1.165) is 13.0 Å². The molecule has 1 aliphatic heterocycles. The normalized spacial score (nSPS) is 21.1. The molecule has 0 radical (unpaired) electrons. The number of ether oxygens (including phenoxy) is 1. The van der Waals surface area contributed by atoms with Gasteiger partial charge in [0.1, 0.15) is 6.10 Å². The Morgan fingerprint density at radius 1 is 1.57 bits per heavy atom. The summed E-state index contributed by atoms with van der Waals surface area (Å²) in [5.41, 5.74) is 0. The van der Waals surface area contributed by atoms with E-state index in [1.54, 1.807) is 11.0 Å². The summed E-state index contributed by atoms with van der Waals surface area (Å²) in [4.78, 5) is 13.0. The van der Waals surface area contributed by atoms with Crippen LogP contribution >= 0.6 is 0 Å². The number of carbonyl (C=O) groups excluding carboxylic acids is 1. The zero-order valence-electron chi connectivity index (χ0n) is 8.87. The maximum Gasteiger partial charge on any atom is 0.410 e. The van der Waals surface area contributed by atoms with Crippen molar-refractivity contribution in [1.82, 2.24) is 4.90 Å². The lowest BCUT2D eigenvalue weighted by Gasteiger charge is -2.11. The Bertz CT molecular complexity index is 203. The maximum absolute atomic E-state index is 11.3. The number of nitrogens with zero attached hydrogens (tertiary/aromatic N) is 1. The minimum absolute atomic E-state index is 0.103. The number of amides is 1. The van der Waals surface area contributed by atoms with Gasteiger partial charge in [0.25, 0.3) is 0 Å². The van der Waals surface area contributed by atoms with Crippen molar-refractivity contribution < 1.29 is 9.53 Å². The van der Waals surface area contributed by atoms with Crippen LogP contribution in [0.25, 0.3) is 0 Å². The average molecular weight is 197 g/mol. The van der Waals surface area contributed by atoms with E-state index in [0.29, 0.717) is 6.54 Å². The molecule has 1 fully saturated rings. The Kier molecular flexibility index (Phi) is 4.50. The molecule has 0 spiro atoms. The van der Waals surface area contributed by atoms with Crippen LogP contribution in [0.1, 0.15) is 32.6 Å². The fourth-order valence-electron chi connectivity index (χ4n) is 1.57. The van der Waals surface area contributed by atoms with Crippen molar-refractivity contribution in [2.75, 3.05) is 13.1 Å². The largest absolute Gasteiger partial charge is 0.440 e. The Morgan fingerprint density at radius 2 is 2.36 bits per heavy atom. The van der Waals surface area contributed by atoms with Crippen LogP contribution in [-0.4, -0.2) is 30.2 Å². The predicted octanol–water partition coefficient (Wildman–Crippen LogP) is 2.57. The third-order valence-corrected chi connectivity index (χ3v) is 2.46. The lowest BCUT2D eigenvalue weighted by Crippen LogP contribution is -2.25. The molecule has 1 atom stereocenters. The molecule has 0 aromatic heterocycles. The van der Waals surface area contributed by atoms with Gasteiger partial charge in [-0.25, -0.2) is 4.79 Å². The van der Waals surface area contributed by atoms with Gasteiger partial charge in [-0.05, 0) is 12.5 Å². The summed E-state index contributed by atoms with van der Waals surface area (Å²) in [6.45, 7) is 7.29. The fraction of sp³-hybridized carbons (Fsp3) is 0.727. The Labute approximate surface area is 85.7 Å². The van der Waals surface area contributed by atoms with Gasteiger partial charge in [0.2, 0.25) is 0 Å². The summed E-state index contributed by atoms with van der Waals surface area (Å²) in [7, 11) is 0. The highest BCUT2D eigenvalue weighted by Gasteiger charge is 2.28. The lowest BCUT2D eigenvalue weighted by molar-refractivity contribution is 0.145. The predicted molar refractivity (Wildman–Crippen MR) is 56.2 cm³/mol. The molecule has 80 valence electrons. The SMILES string of the molecule is C=CC1CN(CCCCCC)C(=O)O1. The number of hydrogen-bond donors (Lipinski definition) is 0. The Balaban J connectivity index is 2.18. The van der Waals surface area contributed by atoms with E-state index in [1.807, 2.05) is 0 Å². The summed E-state index contributed by atoms with van der Waals surface area (Å²) in [6.07, 6.45) is 6.13. The van der Waals surface area contributed by atoms with Crippen molar-refractivity contribution in [3.63, 3.8) is 0 Å². The molecule has 1 saturated heterocycles. The van der Waals surface area contributed by atoms with Crippen molar-refractivity contribution in [3.8, 4) is 0 Å². The summed E-state index contributed by atoms with van der Waals surface area (Å²) in [5.74, 6) is 0. The van der Waals surface area contributed by atoms with Crippen LogP contribution in [0.2, 0.25) is 0 Å². The fourth-order valence-corrected chi connectivity index (χ4v) is 1.57. The highest BCUT2D eigenvalue weighted by atomic mass is 16.6. The van der Waals surface area contributed by atoms with Crippen LogP contribution in [0.4, 0.5) is 4.79 Å². The van der Waals surface area contributed by atoms with E-state index in [1.165, 1.54) is 19.3 Å². The molecule has 1 unspecified atom stereocenters. The number of rotatable bonds is 6. The Morgan fingerprint density at radius 3 is 2.93 bits per heavy atom. The van der Waals surface area contributed by atoms with Crippen molar-refractivity contribution in [2.24, 2.45) is 0 Å². The molecule has 0 N–H and O–H groups in total. The zero-order valence-corrected chi connectivity index (χ0v) is 8.87. The van der Waals surface area contributed by atoms with Gasteiger partial charge in [0.15, 0.2) is 0 Å². The van der Waals surface area contributed by atoms with Gasteiger partial charge >= 0.3 is 6.09 Å². The second-order valence-electron chi connectivity index (χ2n) is 3.66. The first-order valence-electron chi connectivity index (χ1n) is 5.36. The van der Waals surface area contributed by atoms with Crippen LogP contribution in [0.5, 0.6) is 0 Å². The number of carbonyl (C=O) groups is 1. The van der Waals surface area contributed by atoms with Gasteiger partial charge in [-0.2, -0.15) is 0 Å². The van der Waals surface area contributed by atoms with E-state index in [9.17, 15) is 4.79 Å². The van der Waals surface area contributed by atoms with Gasteiger partial charge in [-0.15, -0.1) is 0 Å². The number of unbranched alkanes of at least 4 members (excludes halogenated alkanes) is 3. The molecule has 0 aromatic rings. The van der Waals surface area contributed by atoms with Crippen LogP contribution < -0.4 is 0 Å². The standard InChI is InChI=1S/C11H19NO2/c1-3-5-6-7-8-12-9-10(4-2)14-11(12)13/h4,10H,2-3,5-9H2,1H3. The monoisotopic (exact) mass is 197 g/mol. The van der Waals surface area contributed by atoms with Gasteiger partial charge < -0.3 is 9.64 Å². The second kappa shape index (κ2) is 5.68. The molecule has 1 heterocycles. The molecule has 0 bridgehead atoms. The number of hydrogen-bond acceptors (Lipinski definition) is 2. The highest BCUT2D eigenvalue weighted by molar-refractivity contribution is 5.70. The quantitative estimate of drug-likeness (QED) is 0.484. The first-order valence-corrected chi connectivity index (χ1v) is 5.36. The molecular formula is C11H19NO2. The lowest BCUT2D eigenvalue weighted by atomic mass is 10.2. The van der Waals surface area contributed by atoms with Crippen molar-refractivity contribution in [2.45, 2.75) is 38.7 Å². The van der Waals surface area contributed by atoms with E-state index in [4.69, 9.17) is 4.74 Å². The molecule has 1 rings (SSSR count). The molecule has 14 heavy (non-hydrogen) atoms. The van der Waals surface area contributed by atoms with Gasteiger partial charge in [0.05, 0.1) is 6.54 Å². The van der Waals surface area contributed by atoms with Crippen molar-refractivity contribution in [1.29, 1.82) is 0 Å². The van der Waals surface area contributed by atoms with Crippen LogP contribution in [0.3, 0.4) is 0 Å². The third-order valence-electron chi connectivity index (χ3n) is 2.46. The molecule has 1 amide bonds. The first kappa shape index (κ1) is 11.1. The smallest absolute Gasteiger partial charge is 0.410 e. The first-order chi connectivity index (χ1) is 6.77. The van der Waals surface area contributed by atoms with Gasteiger partial charge in [0, 0.05) is 6.54 Å². The van der Waals surface area contributed by atoms with Gasteiger partial charge in [-0.3, -0.25) is 0 Å². The van der Waals surface area contributed by atoms with Crippen LogP contribution in [-0.2, 0) is 4.74 Å². The van der Waals surface area contributed by atoms with Crippen LogP contribution in [0.15, 0.2) is 12.7 Å². The van der Waals surface area contributed by atoms with E-state index >= 15 is 0 Å². The average Bonchev–Trinajstić information content (AvgIpc) is 2.54. The van der Waals surface area contributed by atoms with E-state index < -0.39 is 0 Å². The highest BCUT2D eigenvalue weighted by Crippen LogP contribution is 2.13. The minimum atomic E-state index is -0.189. The Hall–Kier alpha value is -0.990. The molecule has 0 aliphatic carbocycles. The summed E-state index contributed by atoms with van der Waals surface area (Å²) in [5, 5.41) is 0. The molecular weight excluding hydrogens is 178 g/mol. The molecule has 3 nitrogen and oxygen atoms in total. The van der Waals surface area contributed by atoms with E-state index in [-0.39, 0.29) is 12.2 Å². The van der Waals surface area contributed by atoms with Crippen molar-refractivity contribution in [3.05, 3.63) is 12.7 Å². The van der Waals surface area contributed by atoms with Crippen molar-refractivity contribution >= 4 is 6.09 Å². The molecule has 1 aliphatic rings.